The Morgan fingerprint density at radius 1 is 1.50 bits per heavy atom. The molecule has 0 aromatic rings. The van der Waals surface area contributed by atoms with E-state index in [-0.39, 0.29) is 18.0 Å². The van der Waals surface area contributed by atoms with Crippen LogP contribution < -0.4 is 11.1 Å². The van der Waals surface area contributed by atoms with Gasteiger partial charge in [-0.2, -0.15) is 0 Å². The third kappa shape index (κ3) is 2.25. The minimum Gasteiger partial charge on any atom is -0.352 e. The predicted octanol–water partition coefficient (Wildman–Crippen LogP) is -0.313. The average molecular weight is 197 g/mol. The average Bonchev–Trinajstić information content (AvgIpc) is 2.85. The number of nitrogens with zero attached hydrogens (tertiary/aromatic N) is 1. The molecule has 0 spiro atoms. The summed E-state index contributed by atoms with van der Waals surface area (Å²) in [5, 5.41) is 3.02. The van der Waals surface area contributed by atoms with Crippen LogP contribution in [0.25, 0.3) is 0 Å². The molecule has 1 saturated carbocycles. The topological polar surface area (TPSA) is 58.4 Å². The summed E-state index contributed by atoms with van der Waals surface area (Å²) < 4.78 is 0. The van der Waals surface area contributed by atoms with Crippen LogP contribution in [0.1, 0.15) is 26.2 Å². The molecule has 4 heteroatoms. The van der Waals surface area contributed by atoms with Gasteiger partial charge in [0.25, 0.3) is 0 Å². The van der Waals surface area contributed by atoms with Crippen molar-refractivity contribution in [2.45, 2.75) is 44.3 Å². The summed E-state index contributed by atoms with van der Waals surface area (Å²) in [6.07, 6.45) is 3.32. The molecule has 2 atom stereocenters. The van der Waals surface area contributed by atoms with E-state index in [0.717, 1.165) is 32.4 Å². The van der Waals surface area contributed by atoms with Gasteiger partial charge in [0.05, 0.1) is 6.04 Å². The first-order valence-corrected chi connectivity index (χ1v) is 5.47. The Bertz CT molecular complexity index is 227. The first-order chi connectivity index (χ1) is 6.66. The Labute approximate surface area is 84.8 Å². The molecule has 1 saturated heterocycles. The number of amides is 1. The van der Waals surface area contributed by atoms with Crippen LogP contribution in [0.15, 0.2) is 0 Å². The van der Waals surface area contributed by atoms with E-state index in [9.17, 15) is 4.79 Å². The maximum atomic E-state index is 11.7. The quantitative estimate of drug-likeness (QED) is 0.652. The summed E-state index contributed by atoms with van der Waals surface area (Å²) in [5.74, 6) is 0.168. The monoisotopic (exact) mass is 197 g/mol. The Morgan fingerprint density at radius 2 is 2.21 bits per heavy atom. The molecule has 80 valence electrons. The second-order valence-electron chi connectivity index (χ2n) is 4.50. The van der Waals surface area contributed by atoms with E-state index < -0.39 is 0 Å². The summed E-state index contributed by atoms with van der Waals surface area (Å²) in [6.45, 7) is 3.79. The number of carbonyl (C=O) groups excluding carboxylic acids is 1. The van der Waals surface area contributed by atoms with Crippen molar-refractivity contribution >= 4 is 5.91 Å². The van der Waals surface area contributed by atoms with Gasteiger partial charge in [0, 0.05) is 25.2 Å². The van der Waals surface area contributed by atoms with E-state index in [4.69, 9.17) is 5.73 Å². The third-order valence-corrected chi connectivity index (χ3v) is 3.11. The number of carbonyl (C=O) groups is 1. The maximum Gasteiger partial charge on any atom is 0.237 e. The fourth-order valence-corrected chi connectivity index (χ4v) is 1.88. The van der Waals surface area contributed by atoms with E-state index in [1.807, 2.05) is 6.92 Å². The van der Waals surface area contributed by atoms with Crippen molar-refractivity contribution in [3.8, 4) is 0 Å². The van der Waals surface area contributed by atoms with E-state index in [1.54, 1.807) is 0 Å². The van der Waals surface area contributed by atoms with Crippen molar-refractivity contribution in [1.29, 1.82) is 0 Å². The van der Waals surface area contributed by atoms with Crippen LogP contribution in [-0.4, -0.2) is 42.0 Å². The molecule has 4 nitrogen and oxygen atoms in total. The smallest absolute Gasteiger partial charge is 0.237 e. The van der Waals surface area contributed by atoms with E-state index in [1.165, 1.54) is 0 Å². The second kappa shape index (κ2) is 3.87. The van der Waals surface area contributed by atoms with Gasteiger partial charge < -0.3 is 11.1 Å². The van der Waals surface area contributed by atoms with Gasteiger partial charge in [-0.1, -0.05) is 0 Å². The largest absolute Gasteiger partial charge is 0.352 e. The Balaban J connectivity index is 1.80. The van der Waals surface area contributed by atoms with Crippen molar-refractivity contribution in [3.05, 3.63) is 0 Å². The second-order valence-corrected chi connectivity index (χ2v) is 4.50. The molecule has 1 heterocycles. The van der Waals surface area contributed by atoms with Gasteiger partial charge in [-0.05, 0) is 26.2 Å². The SMILES string of the molecule is CC(C(=O)NC1CC1)N1CC[C@H](N)C1. The number of nitrogens with two attached hydrogens (primary N) is 1. The molecule has 1 aliphatic heterocycles. The van der Waals surface area contributed by atoms with Gasteiger partial charge in [0.1, 0.15) is 0 Å². The first-order valence-electron chi connectivity index (χ1n) is 5.47. The number of hydrogen-bond acceptors (Lipinski definition) is 3. The van der Waals surface area contributed by atoms with Crippen LogP contribution >= 0.6 is 0 Å². The Morgan fingerprint density at radius 3 is 2.71 bits per heavy atom. The highest BCUT2D eigenvalue weighted by Gasteiger charge is 2.31. The molecule has 3 N–H and O–H groups in total. The summed E-state index contributed by atoms with van der Waals surface area (Å²) >= 11 is 0. The zero-order valence-corrected chi connectivity index (χ0v) is 8.70. The van der Waals surface area contributed by atoms with E-state index in [0.29, 0.717) is 6.04 Å². The van der Waals surface area contributed by atoms with Crippen LogP contribution in [0.4, 0.5) is 0 Å². The lowest BCUT2D eigenvalue weighted by Crippen LogP contribution is -2.45. The number of hydrogen-bond donors (Lipinski definition) is 2. The molecule has 1 aliphatic carbocycles. The van der Waals surface area contributed by atoms with Gasteiger partial charge in [-0.15, -0.1) is 0 Å². The van der Waals surface area contributed by atoms with Crippen molar-refractivity contribution in [3.63, 3.8) is 0 Å². The van der Waals surface area contributed by atoms with Gasteiger partial charge in [0.2, 0.25) is 5.91 Å². The van der Waals surface area contributed by atoms with Crippen molar-refractivity contribution in [2.24, 2.45) is 5.73 Å². The standard InChI is InChI=1S/C10H19N3O/c1-7(10(14)12-9-2-3-9)13-5-4-8(11)6-13/h7-9H,2-6,11H2,1H3,(H,12,14)/t7?,8-/m0/s1. The zero-order chi connectivity index (χ0) is 10.1. The third-order valence-electron chi connectivity index (χ3n) is 3.11. The fraction of sp³-hybridized carbons (Fsp3) is 0.900. The van der Waals surface area contributed by atoms with Gasteiger partial charge in [0.15, 0.2) is 0 Å². The molecule has 2 aliphatic rings. The summed E-state index contributed by atoms with van der Waals surface area (Å²) in [4.78, 5) is 13.9. The normalized spacial score (nSPS) is 30.3. The molecule has 14 heavy (non-hydrogen) atoms. The highest BCUT2D eigenvalue weighted by Crippen LogP contribution is 2.19. The van der Waals surface area contributed by atoms with E-state index in [2.05, 4.69) is 10.2 Å². The maximum absolute atomic E-state index is 11.7. The van der Waals surface area contributed by atoms with Crippen LogP contribution in [0.3, 0.4) is 0 Å². The van der Waals surface area contributed by atoms with Gasteiger partial charge in [-0.3, -0.25) is 9.69 Å². The lowest BCUT2D eigenvalue weighted by molar-refractivity contribution is -0.125. The highest BCUT2D eigenvalue weighted by molar-refractivity contribution is 5.81. The van der Waals surface area contributed by atoms with E-state index >= 15 is 0 Å². The minimum atomic E-state index is -0.0100. The van der Waals surface area contributed by atoms with Crippen molar-refractivity contribution in [2.75, 3.05) is 13.1 Å². The molecule has 1 unspecified atom stereocenters. The van der Waals surface area contributed by atoms with Crippen LogP contribution in [0, 0.1) is 0 Å². The molecule has 1 amide bonds. The molecular weight excluding hydrogens is 178 g/mol. The van der Waals surface area contributed by atoms with Crippen molar-refractivity contribution < 1.29 is 4.79 Å². The number of rotatable bonds is 3. The van der Waals surface area contributed by atoms with Crippen LogP contribution in [0.5, 0.6) is 0 Å². The van der Waals surface area contributed by atoms with Crippen molar-refractivity contribution in [1.82, 2.24) is 10.2 Å². The first kappa shape index (κ1) is 9.93. The summed E-state index contributed by atoms with van der Waals surface area (Å²) in [6, 6.07) is 0.705. The predicted molar refractivity (Wildman–Crippen MR) is 54.8 cm³/mol. The lowest BCUT2D eigenvalue weighted by Gasteiger charge is -2.22. The minimum absolute atomic E-state index is 0.0100. The zero-order valence-electron chi connectivity index (χ0n) is 8.70. The molecule has 0 bridgehead atoms. The molecular formula is C10H19N3O. The van der Waals surface area contributed by atoms with Gasteiger partial charge >= 0.3 is 0 Å². The molecule has 0 aromatic heterocycles. The summed E-state index contributed by atoms with van der Waals surface area (Å²) in [5.41, 5.74) is 5.80. The Kier molecular flexibility index (Phi) is 2.74. The number of likely N-dealkylation sites (tertiary alicyclic amines) is 1. The van der Waals surface area contributed by atoms with Gasteiger partial charge in [-0.25, -0.2) is 0 Å². The lowest BCUT2D eigenvalue weighted by atomic mass is 10.2. The molecule has 0 aromatic carbocycles. The number of nitrogens with one attached hydrogen (secondary N) is 1. The molecule has 2 fully saturated rings. The van der Waals surface area contributed by atoms with Crippen LogP contribution in [0.2, 0.25) is 0 Å². The molecule has 2 rings (SSSR count). The van der Waals surface area contributed by atoms with Crippen LogP contribution in [-0.2, 0) is 4.79 Å². The molecule has 0 radical (unpaired) electrons. The Hall–Kier alpha value is -0.610. The summed E-state index contributed by atoms with van der Waals surface area (Å²) in [7, 11) is 0. The fourth-order valence-electron chi connectivity index (χ4n) is 1.88. The highest BCUT2D eigenvalue weighted by atomic mass is 16.2.